The molecule has 2 aromatic rings. The van der Waals surface area contributed by atoms with Gasteiger partial charge in [-0.3, -0.25) is 0 Å². The number of nitrogens with one attached hydrogen (secondary N) is 2. The van der Waals surface area contributed by atoms with Crippen LogP contribution in [0.1, 0.15) is 76.9 Å². The van der Waals surface area contributed by atoms with Gasteiger partial charge in [-0.05, 0) is 0 Å². The van der Waals surface area contributed by atoms with Gasteiger partial charge in [0.1, 0.15) is 0 Å². The standard InChI is InChI=1S/C32H42N3O3S.CH2.2ClH.Ru/c1-18(2)38-27-12-11-25(39(36,37)35(9)10)17-26(27)32-33-30(28-21(5)13-19(3)14-22(28)6)31(34-32)29-23(7)15-20(4)16-24(29)8;;;;/h11,13-16,18,30-31,33-34H,17H2,1-10H3;1H2;2*1H;. The Morgan fingerprint density at radius 3 is 1.63 bits per heavy atom. The van der Waals surface area contributed by atoms with Crippen molar-refractivity contribution in [2.75, 3.05) is 14.1 Å². The van der Waals surface area contributed by atoms with Crippen molar-refractivity contribution in [3.05, 3.63) is 101 Å². The minimum absolute atomic E-state index is 0. The Morgan fingerprint density at radius 1 is 0.860 bits per heavy atom. The summed E-state index contributed by atoms with van der Waals surface area (Å²) in [5.41, 5.74) is 10.8. The fourth-order valence-corrected chi connectivity index (χ4v) is 8.59. The van der Waals surface area contributed by atoms with Gasteiger partial charge in [-0.25, -0.2) is 0 Å². The molecule has 0 amide bonds. The van der Waals surface area contributed by atoms with Gasteiger partial charge in [-0.1, -0.05) is 0 Å². The number of sulfonamides is 1. The normalized spacial score (nSPS) is 18.7. The van der Waals surface area contributed by atoms with Crippen molar-refractivity contribution in [2.24, 2.45) is 0 Å². The van der Waals surface area contributed by atoms with E-state index in [0.717, 1.165) is 21.3 Å². The Hall–Kier alpha value is -1.96. The molecule has 0 aromatic heterocycles. The molecule has 0 bridgehead atoms. The van der Waals surface area contributed by atoms with Gasteiger partial charge in [0.25, 0.3) is 0 Å². The average Bonchev–Trinajstić information content (AvgIpc) is 3.26. The maximum absolute atomic E-state index is 13.4. The number of nitrogens with zero attached hydrogens (tertiary/aromatic N) is 1. The van der Waals surface area contributed by atoms with E-state index in [-0.39, 0.29) is 49.4 Å². The van der Waals surface area contributed by atoms with E-state index in [4.69, 9.17) is 4.74 Å². The van der Waals surface area contributed by atoms with Crippen LogP contribution in [0, 0.1) is 41.5 Å². The molecule has 43 heavy (non-hydrogen) atoms. The van der Waals surface area contributed by atoms with Gasteiger partial charge in [0.05, 0.1) is 0 Å². The maximum atomic E-state index is 13.4. The monoisotopic (exact) mass is 736 g/mol. The first kappa shape index (κ1) is 37.2. The molecule has 1 fully saturated rings. The molecule has 6 nitrogen and oxygen atoms in total. The third kappa shape index (κ3) is 7.48. The zero-order chi connectivity index (χ0) is 30.4. The molecule has 0 radical (unpaired) electrons. The zero-order valence-electron chi connectivity index (χ0n) is 26.8. The molecule has 1 saturated heterocycles. The van der Waals surface area contributed by atoms with Gasteiger partial charge < -0.3 is 0 Å². The number of halogens is 2. The molecular weight excluding hydrogens is 690 g/mol. The molecule has 2 atom stereocenters. The predicted octanol–water partition coefficient (Wildman–Crippen LogP) is 6.90. The van der Waals surface area contributed by atoms with Crippen molar-refractivity contribution in [3.63, 3.8) is 0 Å². The van der Waals surface area contributed by atoms with E-state index in [0.29, 0.717) is 4.91 Å². The zero-order valence-corrected chi connectivity index (χ0v) is 31.0. The third-order valence-corrected chi connectivity index (χ3v) is 10.9. The first-order valence-electron chi connectivity index (χ1n) is 14.0. The van der Waals surface area contributed by atoms with E-state index >= 15 is 0 Å². The molecule has 2 unspecified atom stereocenters. The molecule has 239 valence electrons. The van der Waals surface area contributed by atoms with Gasteiger partial charge in [0, 0.05) is 0 Å². The van der Waals surface area contributed by atoms with Gasteiger partial charge in [0.15, 0.2) is 0 Å². The summed E-state index contributed by atoms with van der Waals surface area (Å²) >= 11 is -0.506. The summed E-state index contributed by atoms with van der Waals surface area (Å²) in [6.45, 7) is 17.0. The van der Waals surface area contributed by atoms with Crippen LogP contribution in [0.3, 0.4) is 0 Å². The molecule has 2 N–H and O–H groups in total. The molecule has 4 rings (SSSR count). The molecule has 1 aliphatic carbocycles. The van der Waals surface area contributed by atoms with Crippen LogP contribution < -0.4 is 10.6 Å². The number of hydrogen-bond donors (Lipinski definition) is 2. The van der Waals surface area contributed by atoms with Crippen molar-refractivity contribution >= 4 is 39.9 Å². The van der Waals surface area contributed by atoms with Crippen LogP contribution in [0.4, 0.5) is 0 Å². The van der Waals surface area contributed by atoms with E-state index in [1.807, 2.05) is 13.8 Å². The van der Waals surface area contributed by atoms with Crippen LogP contribution in [-0.4, -0.2) is 38.0 Å². The van der Waals surface area contributed by atoms with Gasteiger partial charge in [0.2, 0.25) is 0 Å². The van der Waals surface area contributed by atoms with Gasteiger partial charge in [-0.15, -0.1) is 24.8 Å². The molecule has 0 saturated carbocycles. The van der Waals surface area contributed by atoms with E-state index in [1.165, 1.54) is 48.8 Å². The number of rotatable bonds is 7. The van der Waals surface area contributed by atoms with Gasteiger partial charge >= 0.3 is 255 Å². The Morgan fingerprint density at radius 2 is 1.28 bits per heavy atom. The summed E-state index contributed by atoms with van der Waals surface area (Å²) in [6, 6.07) is 8.84. The van der Waals surface area contributed by atoms with Crippen LogP contribution in [0.15, 0.2) is 56.6 Å². The SMILES string of the molecule is Cl.Cl.[CH2]=[Ru][C]1=C(OC(C)C)C(=C2NC(c3c(C)cc(C)cc3C)C(c3c(C)cc(C)cc3C)N2)CC(S(=O)(=O)N(C)C)=C1. The third-order valence-electron chi connectivity index (χ3n) is 7.75. The Balaban J connectivity index is 0.00000323. The van der Waals surface area contributed by atoms with Crippen molar-refractivity contribution in [2.45, 2.75) is 80.0 Å². The van der Waals surface area contributed by atoms with E-state index < -0.39 is 26.7 Å². The minimum atomic E-state index is -3.62. The Kier molecular flexibility index (Phi) is 12.5. The Labute approximate surface area is 278 Å². The number of allylic oxidation sites excluding steroid dienone is 4. The first-order valence-corrected chi connectivity index (χ1v) is 17.5. The number of hydrogen-bond acceptors (Lipinski definition) is 5. The summed E-state index contributed by atoms with van der Waals surface area (Å²) in [5.74, 6) is 1.57. The number of benzene rings is 2. The van der Waals surface area contributed by atoms with Crippen LogP contribution in [0.2, 0.25) is 0 Å². The fourth-order valence-electron chi connectivity index (χ4n) is 6.24. The summed E-state index contributed by atoms with van der Waals surface area (Å²) in [4.78, 5) is 0.364. The second-order valence-electron chi connectivity index (χ2n) is 11.8. The van der Waals surface area contributed by atoms with E-state index in [2.05, 4.69) is 81.6 Å². The second kappa shape index (κ2) is 14.4. The molecule has 2 aliphatic rings. The molecule has 2 aromatic carbocycles. The second-order valence-corrected chi connectivity index (χ2v) is 15.5. The fraction of sp³-hybridized carbons (Fsp3) is 0.424. The predicted molar refractivity (Wildman–Crippen MR) is 180 cm³/mol. The Bertz CT molecular complexity index is 1500. The summed E-state index contributed by atoms with van der Waals surface area (Å²) in [6.07, 6.45) is 1.95. The van der Waals surface area contributed by atoms with Gasteiger partial charge in [-0.2, -0.15) is 0 Å². The van der Waals surface area contributed by atoms with Crippen molar-refractivity contribution in [1.82, 2.24) is 14.9 Å². The average molecular weight is 737 g/mol. The number of ether oxygens (including phenoxy) is 1. The first-order chi connectivity index (χ1) is 19.1. The van der Waals surface area contributed by atoms with Crippen molar-refractivity contribution < 1.29 is 29.8 Å². The molecule has 10 heteroatoms. The van der Waals surface area contributed by atoms with Crippen LogP contribution in [0.5, 0.6) is 0 Å². The van der Waals surface area contributed by atoms with Crippen LogP contribution in [0.25, 0.3) is 0 Å². The van der Waals surface area contributed by atoms with Crippen molar-refractivity contribution in [1.29, 1.82) is 0 Å². The van der Waals surface area contributed by atoms with E-state index in [1.54, 1.807) is 20.2 Å². The summed E-state index contributed by atoms with van der Waals surface area (Å²) in [5, 5.41) is 11.9. The quantitative estimate of drug-likeness (QED) is 0.303. The number of aryl methyl sites for hydroxylation is 6. The molecule has 0 spiro atoms. The molecule has 1 aliphatic heterocycles. The van der Waals surface area contributed by atoms with Crippen LogP contribution in [-0.2, 0) is 31.4 Å². The molecular formula is C33H46Cl2N3O3RuS. The van der Waals surface area contributed by atoms with Crippen LogP contribution >= 0.6 is 24.8 Å². The summed E-state index contributed by atoms with van der Waals surface area (Å²) < 4.78 is 35.3. The van der Waals surface area contributed by atoms with Crippen molar-refractivity contribution in [3.8, 4) is 0 Å². The summed E-state index contributed by atoms with van der Waals surface area (Å²) in [7, 11) is -0.468. The topological polar surface area (TPSA) is 70.7 Å². The molecule has 1 heterocycles. The van der Waals surface area contributed by atoms with E-state index in [9.17, 15) is 8.42 Å².